The van der Waals surface area contributed by atoms with Crippen molar-refractivity contribution in [1.82, 2.24) is 0 Å². The number of Topliss-reactive ketones (excluding diaryl/α,β-unsaturated/α-hetero) is 1. The zero-order valence-electron chi connectivity index (χ0n) is 7.77. The molecule has 0 aliphatic heterocycles. The maximum Gasteiger partial charge on any atom is 0.341 e. The molecule has 0 bridgehead atoms. The lowest BCUT2D eigenvalue weighted by Crippen LogP contribution is -2.12. The third-order valence-corrected chi connectivity index (χ3v) is 2.17. The first kappa shape index (κ1) is 11.7. The second-order valence-corrected chi connectivity index (χ2v) is 3.30. The van der Waals surface area contributed by atoms with Crippen LogP contribution in [-0.4, -0.2) is 28.8 Å². The predicted octanol–water partition coefficient (Wildman–Crippen LogP) is 1.73. The lowest BCUT2D eigenvalue weighted by atomic mass is 10.1. The summed E-state index contributed by atoms with van der Waals surface area (Å²) in [6.07, 6.45) is 0. The molecule has 1 N–H and O–H groups in total. The maximum absolute atomic E-state index is 11.4. The monoisotopic (exact) mass is 272 g/mol. The van der Waals surface area contributed by atoms with Crippen LogP contribution in [0, 0.1) is 0 Å². The molecular formula is C10H9BrO4. The second-order valence-electron chi connectivity index (χ2n) is 2.74. The number of ether oxygens (including phenoxy) is 1. The summed E-state index contributed by atoms with van der Waals surface area (Å²) in [6, 6.07) is 6.55. The van der Waals surface area contributed by atoms with Crippen molar-refractivity contribution < 1.29 is 19.4 Å². The van der Waals surface area contributed by atoms with Gasteiger partial charge >= 0.3 is 5.97 Å². The zero-order chi connectivity index (χ0) is 11.3. The van der Waals surface area contributed by atoms with E-state index in [0.29, 0.717) is 11.3 Å². The Kier molecular flexibility index (Phi) is 4.30. The fourth-order valence-electron chi connectivity index (χ4n) is 1.03. The van der Waals surface area contributed by atoms with Crippen molar-refractivity contribution in [3.8, 4) is 5.75 Å². The van der Waals surface area contributed by atoms with Gasteiger partial charge in [-0.15, -0.1) is 0 Å². The highest BCUT2D eigenvalue weighted by molar-refractivity contribution is 9.09. The Hall–Kier alpha value is -1.36. The van der Waals surface area contributed by atoms with E-state index in [1.54, 1.807) is 24.3 Å². The number of ketones is 1. The molecule has 5 heteroatoms. The molecule has 0 amide bonds. The molecule has 1 rings (SSSR count). The third kappa shape index (κ3) is 3.36. The normalized spacial score (nSPS) is 9.67. The van der Waals surface area contributed by atoms with Crippen molar-refractivity contribution in [3.63, 3.8) is 0 Å². The molecule has 0 aromatic heterocycles. The number of aliphatic carboxylic acids is 1. The molecule has 0 unspecified atom stereocenters. The van der Waals surface area contributed by atoms with Crippen molar-refractivity contribution in [3.05, 3.63) is 29.8 Å². The summed E-state index contributed by atoms with van der Waals surface area (Å²) in [5.41, 5.74) is 0.385. The SMILES string of the molecule is O=C(O)COc1ccccc1C(=O)CBr. The highest BCUT2D eigenvalue weighted by Gasteiger charge is 2.11. The van der Waals surface area contributed by atoms with E-state index in [2.05, 4.69) is 15.9 Å². The summed E-state index contributed by atoms with van der Waals surface area (Å²) < 4.78 is 4.98. The van der Waals surface area contributed by atoms with E-state index in [-0.39, 0.29) is 11.1 Å². The van der Waals surface area contributed by atoms with Gasteiger partial charge in [-0.3, -0.25) is 4.79 Å². The second kappa shape index (κ2) is 5.50. The number of benzene rings is 1. The van der Waals surface area contributed by atoms with Gasteiger partial charge < -0.3 is 9.84 Å². The molecular weight excluding hydrogens is 264 g/mol. The molecule has 4 nitrogen and oxygen atoms in total. The van der Waals surface area contributed by atoms with Crippen LogP contribution in [0.2, 0.25) is 0 Å². The van der Waals surface area contributed by atoms with Crippen LogP contribution in [0.5, 0.6) is 5.75 Å². The summed E-state index contributed by atoms with van der Waals surface area (Å²) in [4.78, 5) is 21.7. The quantitative estimate of drug-likeness (QED) is 0.655. The minimum Gasteiger partial charge on any atom is -0.481 e. The molecule has 80 valence electrons. The van der Waals surface area contributed by atoms with Gasteiger partial charge in [0.2, 0.25) is 0 Å². The van der Waals surface area contributed by atoms with Crippen LogP contribution in [0.25, 0.3) is 0 Å². The minimum atomic E-state index is -1.07. The van der Waals surface area contributed by atoms with E-state index in [0.717, 1.165) is 0 Å². The summed E-state index contributed by atoms with van der Waals surface area (Å²) in [5, 5.41) is 8.62. The van der Waals surface area contributed by atoms with Gasteiger partial charge in [0.25, 0.3) is 0 Å². The minimum absolute atomic E-state index is 0.143. The van der Waals surface area contributed by atoms with Crippen LogP contribution in [0.1, 0.15) is 10.4 Å². The number of halogens is 1. The number of rotatable bonds is 5. The number of carbonyl (C=O) groups is 2. The molecule has 1 aromatic rings. The van der Waals surface area contributed by atoms with Gasteiger partial charge in [-0.2, -0.15) is 0 Å². The van der Waals surface area contributed by atoms with E-state index < -0.39 is 12.6 Å². The van der Waals surface area contributed by atoms with Gasteiger partial charge in [0.1, 0.15) is 5.75 Å². The Bertz CT molecular complexity index is 375. The average molecular weight is 273 g/mol. The van der Waals surface area contributed by atoms with E-state index in [1.807, 2.05) is 0 Å². The number of alkyl halides is 1. The molecule has 0 spiro atoms. The summed E-state index contributed by atoms with van der Waals surface area (Å²) >= 11 is 3.04. The van der Waals surface area contributed by atoms with E-state index >= 15 is 0 Å². The molecule has 15 heavy (non-hydrogen) atoms. The summed E-state index contributed by atoms with van der Waals surface area (Å²) in [7, 11) is 0. The van der Waals surface area contributed by atoms with Crippen molar-refractivity contribution in [2.75, 3.05) is 11.9 Å². The topological polar surface area (TPSA) is 63.6 Å². The molecule has 0 radical (unpaired) electrons. The molecule has 0 saturated carbocycles. The number of hydrogen-bond acceptors (Lipinski definition) is 3. The van der Waals surface area contributed by atoms with Gasteiger partial charge in [0.15, 0.2) is 12.4 Å². The van der Waals surface area contributed by atoms with Gasteiger partial charge in [-0.1, -0.05) is 28.1 Å². The van der Waals surface area contributed by atoms with Crippen LogP contribution in [0.4, 0.5) is 0 Å². The first-order chi connectivity index (χ1) is 7.15. The lowest BCUT2D eigenvalue weighted by Gasteiger charge is -2.07. The van der Waals surface area contributed by atoms with Crippen LogP contribution in [0.3, 0.4) is 0 Å². The van der Waals surface area contributed by atoms with Gasteiger partial charge in [-0.25, -0.2) is 4.79 Å². The Labute approximate surface area is 95.0 Å². The first-order valence-corrected chi connectivity index (χ1v) is 5.30. The van der Waals surface area contributed by atoms with Gasteiger partial charge in [0.05, 0.1) is 10.9 Å². The Morgan fingerprint density at radius 2 is 2.00 bits per heavy atom. The Balaban J connectivity index is 2.86. The van der Waals surface area contributed by atoms with E-state index in [9.17, 15) is 9.59 Å². The third-order valence-electron chi connectivity index (χ3n) is 1.66. The van der Waals surface area contributed by atoms with Gasteiger partial charge in [-0.05, 0) is 12.1 Å². The molecule has 0 saturated heterocycles. The number of para-hydroxylation sites is 1. The number of carboxylic acid groups (broad SMARTS) is 1. The molecule has 0 heterocycles. The Morgan fingerprint density at radius 1 is 1.33 bits per heavy atom. The van der Waals surface area contributed by atoms with Crippen molar-refractivity contribution in [2.24, 2.45) is 0 Å². The van der Waals surface area contributed by atoms with Crippen molar-refractivity contribution in [1.29, 1.82) is 0 Å². The van der Waals surface area contributed by atoms with Crippen LogP contribution in [-0.2, 0) is 4.79 Å². The number of carboxylic acids is 1. The lowest BCUT2D eigenvalue weighted by molar-refractivity contribution is -0.139. The van der Waals surface area contributed by atoms with Crippen molar-refractivity contribution >= 4 is 27.7 Å². The fraction of sp³-hybridized carbons (Fsp3) is 0.200. The molecule has 1 aromatic carbocycles. The maximum atomic E-state index is 11.4. The molecule has 0 atom stereocenters. The molecule has 0 fully saturated rings. The van der Waals surface area contributed by atoms with Crippen LogP contribution >= 0.6 is 15.9 Å². The largest absolute Gasteiger partial charge is 0.481 e. The fourth-order valence-corrected chi connectivity index (χ4v) is 1.34. The standard InChI is InChI=1S/C10H9BrO4/c11-5-8(12)7-3-1-2-4-9(7)15-6-10(13)14/h1-4H,5-6H2,(H,13,14). The average Bonchev–Trinajstić information content (AvgIpc) is 2.25. The first-order valence-electron chi connectivity index (χ1n) is 4.18. The van der Waals surface area contributed by atoms with E-state index in [1.165, 1.54) is 0 Å². The highest BCUT2D eigenvalue weighted by Crippen LogP contribution is 2.18. The van der Waals surface area contributed by atoms with Crippen LogP contribution in [0.15, 0.2) is 24.3 Å². The Morgan fingerprint density at radius 3 is 2.60 bits per heavy atom. The van der Waals surface area contributed by atoms with Gasteiger partial charge in [0, 0.05) is 0 Å². The molecule has 0 aliphatic rings. The summed E-state index contributed by atoms with van der Waals surface area (Å²) in [6.45, 7) is -0.452. The molecule has 0 aliphatic carbocycles. The van der Waals surface area contributed by atoms with Crippen molar-refractivity contribution in [2.45, 2.75) is 0 Å². The number of carbonyl (C=O) groups excluding carboxylic acids is 1. The smallest absolute Gasteiger partial charge is 0.341 e. The highest BCUT2D eigenvalue weighted by atomic mass is 79.9. The van der Waals surface area contributed by atoms with Crippen LogP contribution < -0.4 is 4.74 Å². The number of hydrogen-bond donors (Lipinski definition) is 1. The van der Waals surface area contributed by atoms with E-state index in [4.69, 9.17) is 9.84 Å². The zero-order valence-corrected chi connectivity index (χ0v) is 9.36. The summed E-state index contributed by atoms with van der Waals surface area (Å²) in [5.74, 6) is -0.920. The predicted molar refractivity (Wildman–Crippen MR) is 57.7 cm³/mol.